The number of nitrogens with zero attached hydrogens (tertiary/aromatic N) is 2. The molecule has 0 aliphatic rings. The molecule has 1 unspecified atom stereocenters. The predicted octanol–water partition coefficient (Wildman–Crippen LogP) is 2.40. The van der Waals surface area contributed by atoms with Crippen LogP contribution in [0.3, 0.4) is 0 Å². The lowest BCUT2D eigenvalue weighted by molar-refractivity contribution is 0.146. The van der Waals surface area contributed by atoms with Crippen molar-refractivity contribution in [3.05, 3.63) is 35.8 Å². The van der Waals surface area contributed by atoms with Crippen molar-refractivity contribution in [3.8, 4) is 0 Å². The number of pyridine rings is 1. The first kappa shape index (κ1) is 14.0. The van der Waals surface area contributed by atoms with Gasteiger partial charge in [-0.05, 0) is 25.0 Å². The Hall–Kier alpha value is -1.39. The van der Waals surface area contributed by atoms with Crippen LogP contribution in [0.2, 0.25) is 0 Å². The second-order valence-electron chi connectivity index (χ2n) is 5.26. The highest BCUT2D eigenvalue weighted by Gasteiger charge is 2.14. The zero-order valence-electron chi connectivity index (χ0n) is 12.2. The van der Waals surface area contributed by atoms with Gasteiger partial charge in [0.15, 0.2) is 0 Å². The summed E-state index contributed by atoms with van der Waals surface area (Å²) in [6, 6.07) is 6.44. The summed E-state index contributed by atoms with van der Waals surface area (Å²) in [6.07, 6.45) is 2.06. The van der Waals surface area contributed by atoms with Crippen LogP contribution < -0.4 is 5.32 Å². The maximum absolute atomic E-state index is 5.27. The zero-order valence-corrected chi connectivity index (χ0v) is 12.2. The molecule has 4 heteroatoms. The summed E-state index contributed by atoms with van der Waals surface area (Å²) in [5.41, 5.74) is 3.31. The third-order valence-corrected chi connectivity index (χ3v) is 3.51. The highest BCUT2D eigenvalue weighted by Crippen LogP contribution is 2.12. The van der Waals surface area contributed by atoms with Crippen LogP contribution >= 0.6 is 0 Å². The normalized spacial score (nSPS) is 13.3. The fourth-order valence-electron chi connectivity index (χ4n) is 2.27. The van der Waals surface area contributed by atoms with Gasteiger partial charge in [-0.1, -0.05) is 19.9 Å². The molecule has 2 aromatic rings. The number of fused-ring (bicyclic) bond motifs is 1. The number of methoxy groups -OCH3 is 1. The molecule has 1 atom stereocenters. The van der Waals surface area contributed by atoms with Gasteiger partial charge in [0.1, 0.15) is 5.65 Å². The highest BCUT2D eigenvalue weighted by molar-refractivity contribution is 5.42. The first-order valence-corrected chi connectivity index (χ1v) is 6.78. The van der Waals surface area contributed by atoms with Gasteiger partial charge >= 0.3 is 0 Å². The number of ether oxygens (including phenoxy) is 1. The summed E-state index contributed by atoms with van der Waals surface area (Å²) in [7, 11) is 1.75. The van der Waals surface area contributed by atoms with Crippen molar-refractivity contribution >= 4 is 5.65 Å². The second kappa shape index (κ2) is 6.17. The highest BCUT2D eigenvalue weighted by atomic mass is 16.5. The lowest BCUT2D eigenvalue weighted by Crippen LogP contribution is -2.37. The molecule has 0 spiro atoms. The Morgan fingerprint density at radius 3 is 2.84 bits per heavy atom. The van der Waals surface area contributed by atoms with Crippen molar-refractivity contribution in [1.29, 1.82) is 0 Å². The standard InChI is InChI=1S/C15H23N3O/c1-11(2)13(10-19-4)16-9-14-12(3)17-15-7-5-6-8-18(14)15/h5-8,11,13,16H,9-10H2,1-4H3. The van der Waals surface area contributed by atoms with Crippen molar-refractivity contribution in [2.24, 2.45) is 5.92 Å². The van der Waals surface area contributed by atoms with Crippen molar-refractivity contribution in [3.63, 3.8) is 0 Å². The quantitative estimate of drug-likeness (QED) is 0.868. The van der Waals surface area contributed by atoms with Gasteiger partial charge in [0.25, 0.3) is 0 Å². The molecule has 0 radical (unpaired) electrons. The molecule has 2 heterocycles. The second-order valence-corrected chi connectivity index (χ2v) is 5.26. The minimum Gasteiger partial charge on any atom is -0.383 e. The van der Waals surface area contributed by atoms with E-state index in [1.54, 1.807) is 7.11 Å². The number of hydrogen-bond donors (Lipinski definition) is 1. The number of hydrogen-bond acceptors (Lipinski definition) is 3. The van der Waals surface area contributed by atoms with E-state index in [9.17, 15) is 0 Å². The van der Waals surface area contributed by atoms with E-state index in [4.69, 9.17) is 4.74 Å². The Bertz CT molecular complexity index is 533. The maximum Gasteiger partial charge on any atom is 0.137 e. The van der Waals surface area contributed by atoms with Gasteiger partial charge in [0.05, 0.1) is 18.0 Å². The van der Waals surface area contributed by atoms with Gasteiger partial charge < -0.3 is 14.5 Å². The summed E-state index contributed by atoms with van der Waals surface area (Å²) < 4.78 is 7.41. The SMILES string of the molecule is COCC(NCc1c(C)nc2ccccn12)C(C)C. The Balaban J connectivity index is 2.14. The van der Waals surface area contributed by atoms with E-state index in [1.165, 1.54) is 5.69 Å². The zero-order chi connectivity index (χ0) is 13.8. The van der Waals surface area contributed by atoms with Crippen molar-refractivity contribution in [1.82, 2.24) is 14.7 Å². The number of aryl methyl sites for hydroxylation is 1. The maximum atomic E-state index is 5.27. The molecule has 104 valence electrons. The number of aromatic nitrogens is 2. The van der Waals surface area contributed by atoms with Crippen LogP contribution in [0.25, 0.3) is 5.65 Å². The molecule has 19 heavy (non-hydrogen) atoms. The molecule has 1 N–H and O–H groups in total. The molecule has 0 aliphatic heterocycles. The Kier molecular flexibility index (Phi) is 4.56. The summed E-state index contributed by atoms with van der Waals surface area (Å²) in [6.45, 7) is 8.01. The van der Waals surface area contributed by atoms with Gasteiger partial charge in [-0.3, -0.25) is 0 Å². The number of rotatable bonds is 6. The van der Waals surface area contributed by atoms with Crippen LogP contribution in [0, 0.1) is 12.8 Å². The molecule has 0 aliphatic carbocycles. The Labute approximate surface area is 114 Å². The fraction of sp³-hybridized carbons (Fsp3) is 0.533. The van der Waals surface area contributed by atoms with Crippen LogP contribution in [-0.2, 0) is 11.3 Å². The van der Waals surface area contributed by atoms with Crippen LogP contribution in [0.1, 0.15) is 25.2 Å². The third kappa shape index (κ3) is 3.14. The summed E-state index contributed by atoms with van der Waals surface area (Å²) in [5, 5.41) is 3.57. The lowest BCUT2D eigenvalue weighted by atomic mass is 10.1. The predicted molar refractivity (Wildman–Crippen MR) is 77.3 cm³/mol. The third-order valence-electron chi connectivity index (χ3n) is 3.51. The largest absolute Gasteiger partial charge is 0.383 e. The first-order valence-electron chi connectivity index (χ1n) is 6.78. The average Bonchev–Trinajstić information content (AvgIpc) is 2.70. The summed E-state index contributed by atoms with van der Waals surface area (Å²) in [4.78, 5) is 4.57. The monoisotopic (exact) mass is 261 g/mol. The molecular weight excluding hydrogens is 238 g/mol. The minimum atomic E-state index is 0.360. The molecule has 0 amide bonds. The molecule has 0 bridgehead atoms. The van der Waals surface area contributed by atoms with Gasteiger partial charge in [-0.15, -0.1) is 0 Å². The van der Waals surface area contributed by atoms with Crippen LogP contribution in [-0.4, -0.2) is 29.1 Å². The van der Waals surface area contributed by atoms with E-state index in [1.807, 2.05) is 18.2 Å². The molecule has 0 aromatic carbocycles. The van der Waals surface area contributed by atoms with E-state index in [2.05, 4.69) is 41.7 Å². The van der Waals surface area contributed by atoms with Gasteiger partial charge in [-0.25, -0.2) is 4.98 Å². The summed E-state index contributed by atoms with van der Waals surface area (Å²) >= 11 is 0. The van der Waals surface area contributed by atoms with Crippen molar-refractivity contribution < 1.29 is 4.74 Å². The first-order chi connectivity index (χ1) is 9.13. The van der Waals surface area contributed by atoms with Gasteiger partial charge in [0, 0.05) is 25.9 Å². The van der Waals surface area contributed by atoms with Crippen LogP contribution in [0.15, 0.2) is 24.4 Å². The summed E-state index contributed by atoms with van der Waals surface area (Å²) in [5.74, 6) is 0.541. The van der Waals surface area contributed by atoms with Crippen molar-refractivity contribution in [2.45, 2.75) is 33.4 Å². The lowest BCUT2D eigenvalue weighted by Gasteiger charge is -2.21. The van der Waals surface area contributed by atoms with Gasteiger partial charge in [0.2, 0.25) is 0 Å². The molecule has 2 aromatic heterocycles. The molecule has 0 saturated carbocycles. The fourth-order valence-corrected chi connectivity index (χ4v) is 2.27. The molecule has 4 nitrogen and oxygen atoms in total. The minimum absolute atomic E-state index is 0.360. The Morgan fingerprint density at radius 1 is 1.37 bits per heavy atom. The van der Waals surface area contributed by atoms with Crippen LogP contribution in [0.5, 0.6) is 0 Å². The molecule has 0 fully saturated rings. The Morgan fingerprint density at radius 2 is 2.16 bits per heavy atom. The van der Waals surface area contributed by atoms with E-state index in [0.29, 0.717) is 12.0 Å². The smallest absolute Gasteiger partial charge is 0.137 e. The molecule has 0 saturated heterocycles. The van der Waals surface area contributed by atoms with E-state index >= 15 is 0 Å². The molecule has 2 rings (SSSR count). The topological polar surface area (TPSA) is 38.6 Å². The van der Waals surface area contributed by atoms with E-state index in [0.717, 1.165) is 24.5 Å². The molecular formula is C15H23N3O. The van der Waals surface area contributed by atoms with Crippen LogP contribution in [0.4, 0.5) is 0 Å². The number of nitrogens with one attached hydrogen (secondary N) is 1. The van der Waals surface area contributed by atoms with Crippen molar-refractivity contribution in [2.75, 3.05) is 13.7 Å². The number of imidazole rings is 1. The van der Waals surface area contributed by atoms with E-state index < -0.39 is 0 Å². The van der Waals surface area contributed by atoms with E-state index in [-0.39, 0.29) is 0 Å². The average molecular weight is 261 g/mol. The van der Waals surface area contributed by atoms with Gasteiger partial charge in [-0.2, -0.15) is 0 Å².